The van der Waals surface area contributed by atoms with Gasteiger partial charge in [-0.25, -0.2) is 9.67 Å². The van der Waals surface area contributed by atoms with Gasteiger partial charge < -0.3 is 9.30 Å². The summed E-state index contributed by atoms with van der Waals surface area (Å²) in [7, 11) is -3.79. The number of aromatic nitrogens is 6. The number of imidazole rings is 1. The van der Waals surface area contributed by atoms with E-state index in [-0.39, 0.29) is 11.1 Å². The van der Waals surface area contributed by atoms with Crippen LogP contribution >= 0.6 is 0 Å². The predicted octanol–water partition coefficient (Wildman–Crippen LogP) is 3.96. The van der Waals surface area contributed by atoms with Crippen LogP contribution in [0.4, 0.5) is 5.69 Å². The minimum absolute atomic E-state index is 0.0373. The van der Waals surface area contributed by atoms with Crippen molar-refractivity contribution in [2.75, 3.05) is 4.72 Å². The third-order valence-electron chi connectivity index (χ3n) is 5.27. The Kier molecular flexibility index (Phi) is 5.90. The first-order valence-corrected chi connectivity index (χ1v) is 11.8. The Balaban J connectivity index is 1.43. The summed E-state index contributed by atoms with van der Waals surface area (Å²) in [6.07, 6.45) is 3.00. The molecule has 172 valence electrons. The van der Waals surface area contributed by atoms with Crippen LogP contribution in [0.15, 0.2) is 53.9 Å². The van der Waals surface area contributed by atoms with Crippen molar-refractivity contribution in [2.24, 2.45) is 0 Å². The highest BCUT2D eigenvalue weighted by molar-refractivity contribution is 7.92. The van der Waals surface area contributed by atoms with Crippen LogP contribution in [-0.2, 0) is 10.0 Å². The maximum atomic E-state index is 12.6. The Morgan fingerprint density at radius 2 is 1.73 bits per heavy atom. The van der Waals surface area contributed by atoms with Crippen LogP contribution in [0.5, 0.6) is 11.6 Å². The molecule has 1 aromatic carbocycles. The van der Waals surface area contributed by atoms with Gasteiger partial charge in [0.2, 0.25) is 5.88 Å². The lowest BCUT2D eigenvalue weighted by molar-refractivity contribution is 0.454. The first-order chi connectivity index (χ1) is 15.6. The number of rotatable bonds is 7. The summed E-state index contributed by atoms with van der Waals surface area (Å²) in [5.74, 6) is 1.40. The van der Waals surface area contributed by atoms with Crippen LogP contribution in [0.1, 0.15) is 36.8 Å². The third kappa shape index (κ3) is 4.72. The van der Waals surface area contributed by atoms with Crippen LogP contribution in [-0.4, -0.2) is 37.9 Å². The van der Waals surface area contributed by atoms with Crippen LogP contribution in [0.2, 0.25) is 0 Å². The lowest BCUT2D eigenvalue weighted by atomic mass is 10.2. The van der Waals surface area contributed by atoms with Gasteiger partial charge in [0.05, 0.1) is 12.0 Å². The molecule has 4 aromatic rings. The van der Waals surface area contributed by atoms with Crippen LogP contribution in [0, 0.1) is 20.8 Å². The second-order valence-corrected chi connectivity index (χ2v) is 9.55. The number of anilines is 1. The van der Waals surface area contributed by atoms with E-state index in [1.165, 1.54) is 12.5 Å². The summed E-state index contributed by atoms with van der Waals surface area (Å²) in [5.41, 5.74) is 3.45. The molecule has 4 rings (SSSR count). The van der Waals surface area contributed by atoms with Gasteiger partial charge in [-0.2, -0.15) is 13.5 Å². The van der Waals surface area contributed by atoms with E-state index in [1.54, 1.807) is 45.6 Å². The number of ether oxygens (including phenoxy) is 1. The van der Waals surface area contributed by atoms with Crippen molar-refractivity contribution in [3.05, 3.63) is 65.9 Å². The monoisotopic (exact) mass is 467 g/mol. The molecule has 3 aromatic heterocycles. The number of nitrogens with zero attached hydrogens (tertiary/aromatic N) is 6. The molecule has 0 atom stereocenters. The fourth-order valence-electron chi connectivity index (χ4n) is 3.08. The van der Waals surface area contributed by atoms with Gasteiger partial charge in [-0.15, -0.1) is 10.2 Å². The lowest BCUT2D eigenvalue weighted by Gasteiger charge is -2.09. The van der Waals surface area contributed by atoms with Gasteiger partial charge >= 0.3 is 0 Å². The predicted molar refractivity (Wildman–Crippen MR) is 123 cm³/mol. The molecule has 0 amide bonds. The fourth-order valence-corrected chi connectivity index (χ4v) is 4.08. The normalized spacial score (nSPS) is 11.7. The topological polar surface area (TPSA) is 117 Å². The minimum atomic E-state index is -3.79. The molecule has 11 heteroatoms. The van der Waals surface area contributed by atoms with E-state index >= 15 is 0 Å². The van der Waals surface area contributed by atoms with E-state index in [1.807, 2.05) is 34.6 Å². The number of hydrogen-bond acceptors (Lipinski definition) is 7. The highest BCUT2D eigenvalue weighted by Gasteiger charge is 2.18. The van der Waals surface area contributed by atoms with Crippen molar-refractivity contribution >= 4 is 15.7 Å². The van der Waals surface area contributed by atoms with E-state index in [0.29, 0.717) is 23.1 Å². The second kappa shape index (κ2) is 8.66. The summed E-state index contributed by atoms with van der Waals surface area (Å²) in [6.45, 7) is 9.84. The number of hydrogen-bond donors (Lipinski definition) is 1. The molecule has 0 spiro atoms. The smallest absolute Gasteiger partial charge is 0.280 e. The maximum absolute atomic E-state index is 12.6. The van der Waals surface area contributed by atoms with Crippen LogP contribution in [0.3, 0.4) is 0 Å². The van der Waals surface area contributed by atoms with Crippen molar-refractivity contribution in [3.8, 4) is 17.4 Å². The summed E-state index contributed by atoms with van der Waals surface area (Å²) in [6, 6.07) is 10.1. The molecule has 1 N–H and O–H groups in total. The van der Waals surface area contributed by atoms with Gasteiger partial charge in [0.25, 0.3) is 10.0 Å². The summed E-state index contributed by atoms with van der Waals surface area (Å²) >= 11 is 0. The van der Waals surface area contributed by atoms with Gasteiger partial charge in [-0.1, -0.05) is 0 Å². The van der Waals surface area contributed by atoms with Crippen LogP contribution in [0.25, 0.3) is 5.82 Å². The van der Waals surface area contributed by atoms with Gasteiger partial charge in [0, 0.05) is 29.7 Å². The molecular formula is C22H25N7O3S. The van der Waals surface area contributed by atoms with Gasteiger partial charge in [0.1, 0.15) is 5.75 Å². The minimum Gasteiger partial charge on any atom is -0.438 e. The number of sulfonamides is 1. The highest BCUT2D eigenvalue weighted by atomic mass is 32.2. The van der Waals surface area contributed by atoms with Crippen molar-refractivity contribution in [3.63, 3.8) is 0 Å². The summed E-state index contributed by atoms with van der Waals surface area (Å²) in [4.78, 5) is 3.99. The first kappa shape index (κ1) is 22.5. The Hall–Kier alpha value is -3.73. The van der Waals surface area contributed by atoms with Gasteiger partial charge in [-0.05, 0) is 70.5 Å². The maximum Gasteiger partial charge on any atom is 0.280 e. The molecule has 0 saturated heterocycles. The highest BCUT2D eigenvalue weighted by Crippen LogP contribution is 2.23. The number of benzene rings is 1. The molecule has 0 aliphatic carbocycles. The lowest BCUT2D eigenvalue weighted by Crippen LogP contribution is -2.13. The molecule has 0 radical (unpaired) electrons. The largest absolute Gasteiger partial charge is 0.438 e. The molecule has 3 heterocycles. The van der Waals surface area contributed by atoms with Gasteiger partial charge in [0.15, 0.2) is 10.8 Å². The van der Waals surface area contributed by atoms with Crippen molar-refractivity contribution in [1.82, 2.24) is 29.5 Å². The first-order valence-electron chi connectivity index (χ1n) is 10.3. The molecular weight excluding hydrogens is 442 g/mol. The van der Waals surface area contributed by atoms with E-state index in [2.05, 4.69) is 25.0 Å². The Morgan fingerprint density at radius 3 is 2.27 bits per heavy atom. The Bertz CT molecular complexity index is 1370. The Labute approximate surface area is 192 Å². The summed E-state index contributed by atoms with van der Waals surface area (Å²) in [5, 5.41) is 12.8. The van der Waals surface area contributed by atoms with Crippen molar-refractivity contribution in [1.29, 1.82) is 0 Å². The SMILES string of the molecule is Cc1nn(-c2ccc(Oc3ccc(NS(=O)(=O)c4cn(C(C)C)cn4)cc3)nn2)c(C)c1C. The van der Waals surface area contributed by atoms with Crippen LogP contribution < -0.4 is 9.46 Å². The molecule has 0 saturated carbocycles. The average molecular weight is 468 g/mol. The van der Waals surface area contributed by atoms with E-state index in [9.17, 15) is 8.42 Å². The molecule has 0 fully saturated rings. The molecule has 0 aliphatic heterocycles. The van der Waals surface area contributed by atoms with E-state index in [4.69, 9.17) is 4.74 Å². The van der Waals surface area contributed by atoms with E-state index in [0.717, 1.165) is 17.0 Å². The second-order valence-electron chi connectivity index (χ2n) is 7.92. The molecule has 0 unspecified atom stereocenters. The zero-order chi connectivity index (χ0) is 23.8. The standard InChI is InChI=1S/C22H25N7O3S/c1-14(2)28-12-22(23-13-28)33(30,31)27-18-6-8-19(9-7-18)32-21-11-10-20(24-25-21)29-17(5)15(3)16(4)26-29/h6-14,27H,1-5H3. The number of nitrogens with one attached hydrogen (secondary N) is 1. The van der Waals surface area contributed by atoms with Crippen molar-refractivity contribution < 1.29 is 13.2 Å². The Morgan fingerprint density at radius 1 is 1.00 bits per heavy atom. The number of aryl methyl sites for hydroxylation is 1. The van der Waals surface area contributed by atoms with Crippen molar-refractivity contribution in [2.45, 2.75) is 45.7 Å². The zero-order valence-corrected chi connectivity index (χ0v) is 19.8. The fraction of sp³-hybridized carbons (Fsp3) is 0.273. The van der Waals surface area contributed by atoms with Gasteiger partial charge in [-0.3, -0.25) is 4.72 Å². The third-order valence-corrected chi connectivity index (χ3v) is 6.54. The molecule has 0 aliphatic rings. The summed E-state index contributed by atoms with van der Waals surface area (Å²) < 4.78 is 36.9. The average Bonchev–Trinajstić information content (AvgIpc) is 3.38. The zero-order valence-electron chi connectivity index (χ0n) is 19.0. The molecule has 33 heavy (non-hydrogen) atoms. The van der Waals surface area contributed by atoms with E-state index < -0.39 is 10.0 Å². The quantitative estimate of drug-likeness (QED) is 0.437. The molecule has 10 nitrogen and oxygen atoms in total. The molecule has 0 bridgehead atoms.